The van der Waals surface area contributed by atoms with Gasteiger partial charge in [-0.25, -0.2) is 4.98 Å². The van der Waals surface area contributed by atoms with Gasteiger partial charge in [-0.3, -0.25) is 4.79 Å². The number of rotatable bonds is 7. The first kappa shape index (κ1) is 24.7. The van der Waals surface area contributed by atoms with Gasteiger partial charge in [0.15, 0.2) is 0 Å². The molecule has 34 heavy (non-hydrogen) atoms. The van der Waals surface area contributed by atoms with Crippen molar-refractivity contribution in [2.45, 2.75) is 24.8 Å². The highest BCUT2D eigenvalue weighted by Crippen LogP contribution is 2.19. The van der Waals surface area contributed by atoms with Crippen LogP contribution >= 0.6 is 0 Å². The molecule has 3 aromatic rings. The Bertz CT molecular complexity index is 1320. The van der Waals surface area contributed by atoms with E-state index < -0.39 is 10.6 Å². The summed E-state index contributed by atoms with van der Waals surface area (Å²) in [7, 11) is -0.229. The van der Waals surface area contributed by atoms with Gasteiger partial charge >= 0.3 is 0 Å². The Morgan fingerprint density at radius 2 is 1.88 bits per heavy atom. The van der Waals surface area contributed by atoms with E-state index in [1.54, 1.807) is 49.6 Å². The third-order valence-electron chi connectivity index (χ3n) is 4.83. The smallest absolute Gasteiger partial charge is 0.251 e. The average molecular weight is 478 g/mol. The lowest BCUT2D eigenvalue weighted by Crippen LogP contribution is -2.21. The minimum absolute atomic E-state index is 0.0986. The van der Waals surface area contributed by atoms with Crippen molar-refractivity contribution < 1.29 is 14.1 Å². The van der Waals surface area contributed by atoms with Gasteiger partial charge in [-0.2, -0.15) is 15.6 Å². The van der Waals surface area contributed by atoms with Crippen LogP contribution in [0.1, 0.15) is 34.0 Å². The van der Waals surface area contributed by atoms with Crippen LogP contribution in [0.5, 0.6) is 0 Å². The van der Waals surface area contributed by atoms with Gasteiger partial charge < -0.3 is 30.0 Å². The molecule has 0 aliphatic rings. The molecular formula is C24H25N6O3S-. The Hall–Kier alpha value is -3.94. The minimum atomic E-state index is -1.80. The maximum Gasteiger partial charge on any atom is 0.251 e. The number of aliphatic hydroxyl groups is 1. The van der Waals surface area contributed by atoms with Crippen molar-refractivity contribution in [2.75, 3.05) is 24.3 Å². The summed E-state index contributed by atoms with van der Waals surface area (Å²) in [5, 5.41) is 18.3. The van der Waals surface area contributed by atoms with Crippen LogP contribution in [0.3, 0.4) is 0 Å². The molecule has 1 unspecified atom stereocenters. The number of amides is 1. The number of benzene rings is 2. The van der Waals surface area contributed by atoms with Crippen molar-refractivity contribution in [3.63, 3.8) is 0 Å². The number of nitrogens with one attached hydrogen (secondary N) is 4. The van der Waals surface area contributed by atoms with Gasteiger partial charge in [0.25, 0.3) is 5.91 Å². The molecule has 1 heterocycles. The zero-order valence-electron chi connectivity index (χ0n) is 19.0. The summed E-state index contributed by atoms with van der Waals surface area (Å²) in [5.74, 6) is 6.70. The van der Waals surface area contributed by atoms with E-state index in [0.29, 0.717) is 39.0 Å². The first-order valence-electron chi connectivity index (χ1n) is 10.4. The van der Waals surface area contributed by atoms with Gasteiger partial charge in [-0.15, -0.1) is 0 Å². The van der Waals surface area contributed by atoms with Crippen LogP contribution in [0.25, 0.3) is 0 Å². The summed E-state index contributed by atoms with van der Waals surface area (Å²) in [6.07, 6.45) is 1.57. The normalized spacial score (nSPS) is 11.3. The molecule has 0 aliphatic heterocycles. The van der Waals surface area contributed by atoms with E-state index in [0.717, 1.165) is 5.56 Å². The number of aromatic nitrogens is 2. The Balaban J connectivity index is 1.93. The Kier molecular flexibility index (Phi) is 8.19. The molecule has 5 N–H and O–H groups in total. The third-order valence-corrected chi connectivity index (χ3v) is 5.53. The topological polar surface area (TPSA) is 140 Å². The first-order valence-corrected chi connectivity index (χ1v) is 11.5. The lowest BCUT2D eigenvalue weighted by atomic mass is 10.0. The van der Waals surface area contributed by atoms with Crippen LogP contribution in [0.4, 0.5) is 17.5 Å². The van der Waals surface area contributed by atoms with Gasteiger partial charge in [0, 0.05) is 29.9 Å². The molecular weight excluding hydrogens is 452 g/mol. The van der Waals surface area contributed by atoms with Crippen LogP contribution in [0.2, 0.25) is 0 Å². The van der Waals surface area contributed by atoms with Gasteiger partial charge in [0.2, 0.25) is 5.95 Å². The Morgan fingerprint density at radius 3 is 2.53 bits per heavy atom. The van der Waals surface area contributed by atoms with Crippen LogP contribution in [-0.2, 0) is 14.8 Å². The van der Waals surface area contributed by atoms with Crippen molar-refractivity contribution >= 4 is 34.0 Å². The number of anilines is 3. The summed E-state index contributed by atoms with van der Waals surface area (Å²) in [4.78, 5) is 21.2. The van der Waals surface area contributed by atoms with Gasteiger partial charge in [-0.05, 0) is 43.7 Å². The molecule has 176 valence electrons. The van der Waals surface area contributed by atoms with E-state index in [9.17, 15) is 14.1 Å². The SMILES string of the molecule is CNC(=O)c1ccc(C)c(C#Cc2cnc(Nc3ccc([S-](=N)=O)cc3)nc2NC(C)CO)c1. The molecule has 1 aromatic heterocycles. The number of aliphatic hydroxyl groups excluding tert-OH is 1. The van der Waals surface area contributed by atoms with Crippen molar-refractivity contribution in [1.82, 2.24) is 15.3 Å². The van der Waals surface area contributed by atoms with Crippen molar-refractivity contribution in [3.05, 3.63) is 70.9 Å². The fourth-order valence-corrected chi connectivity index (χ4v) is 3.27. The number of aryl methyl sites for hydroxylation is 1. The molecule has 0 saturated carbocycles. The van der Waals surface area contributed by atoms with E-state index in [1.807, 2.05) is 19.9 Å². The van der Waals surface area contributed by atoms with E-state index in [-0.39, 0.29) is 18.6 Å². The molecule has 1 atom stereocenters. The van der Waals surface area contributed by atoms with Crippen molar-refractivity contribution in [2.24, 2.45) is 0 Å². The molecule has 0 bridgehead atoms. The van der Waals surface area contributed by atoms with Gasteiger partial charge in [0.1, 0.15) is 5.82 Å². The molecule has 0 radical (unpaired) electrons. The Morgan fingerprint density at radius 1 is 1.18 bits per heavy atom. The zero-order chi connectivity index (χ0) is 24.7. The van der Waals surface area contributed by atoms with E-state index >= 15 is 0 Å². The van der Waals surface area contributed by atoms with Crippen LogP contribution in [0.15, 0.2) is 53.6 Å². The molecule has 2 aromatic carbocycles. The van der Waals surface area contributed by atoms with Crippen molar-refractivity contribution in [3.8, 4) is 11.8 Å². The predicted octanol–water partition coefficient (Wildman–Crippen LogP) is 3.17. The fraction of sp³-hybridized carbons (Fsp3) is 0.208. The molecule has 0 saturated heterocycles. The summed E-state index contributed by atoms with van der Waals surface area (Å²) in [6, 6.07) is 11.6. The Labute approximate surface area is 200 Å². The molecule has 0 spiro atoms. The largest absolute Gasteiger partial charge is 0.440 e. The second kappa shape index (κ2) is 11.3. The standard InChI is InChI=1S/C24H25N6O3S/c1-15-4-5-18(23(32)26-3)12-17(15)6-7-19-13-27-24(30-22(19)28-16(2)14-31)29-20-8-10-21(11-9-20)34(25)33/h4-5,8-13,16,25,31H,14H2,1-3H3,(H,26,32)(H2,27,28,29,30)/q-1. The summed E-state index contributed by atoms with van der Waals surface area (Å²) >= 11 is 0. The fourth-order valence-electron chi connectivity index (χ4n) is 2.89. The quantitative estimate of drug-likeness (QED) is 0.260. The van der Waals surface area contributed by atoms with E-state index in [4.69, 9.17) is 4.78 Å². The number of hydrogen-bond acceptors (Lipinski definition) is 9. The highest BCUT2D eigenvalue weighted by atomic mass is 32.2. The van der Waals surface area contributed by atoms with E-state index in [2.05, 4.69) is 37.8 Å². The summed E-state index contributed by atoms with van der Waals surface area (Å²) in [5.41, 5.74) is 3.33. The highest BCUT2D eigenvalue weighted by molar-refractivity contribution is 7.73. The van der Waals surface area contributed by atoms with Crippen LogP contribution in [0, 0.1) is 23.5 Å². The highest BCUT2D eigenvalue weighted by Gasteiger charge is 2.10. The molecule has 10 heteroatoms. The monoisotopic (exact) mass is 477 g/mol. The maximum absolute atomic E-state index is 12.0. The molecule has 0 aliphatic carbocycles. The third kappa shape index (κ3) is 6.31. The summed E-state index contributed by atoms with van der Waals surface area (Å²) in [6.45, 7) is 3.62. The lowest BCUT2D eigenvalue weighted by Gasteiger charge is -2.14. The molecule has 3 rings (SSSR count). The number of nitrogens with zero attached hydrogens (tertiary/aromatic N) is 2. The number of hydrogen-bond donors (Lipinski definition) is 5. The van der Waals surface area contributed by atoms with Crippen molar-refractivity contribution in [1.29, 1.82) is 4.78 Å². The second-order valence-corrected chi connectivity index (χ2v) is 8.47. The van der Waals surface area contributed by atoms with Crippen LogP contribution < -0.4 is 16.0 Å². The molecule has 9 nitrogen and oxygen atoms in total. The van der Waals surface area contributed by atoms with E-state index in [1.165, 1.54) is 0 Å². The van der Waals surface area contributed by atoms with Gasteiger partial charge in [0.05, 0.1) is 18.4 Å². The zero-order valence-corrected chi connectivity index (χ0v) is 19.8. The van der Waals surface area contributed by atoms with Gasteiger partial charge in [-0.1, -0.05) is 34.9 Å². The summed E-state index contributed by atoms with van der Waals surface area (Å²) < 4.78 is 18.5. The molecule has 0 fully saturated rings. The number of carbonyl (C=O) groups excluding carboxylic acids is 1. The predicted molar refractivity (Wildman–Crippen MR) is 132 cm³/mol. The first-order chi connectivity index (χ1) is 16.3. The minimum Gasteiger partial charge on any atom is -0.440 e. The maximum atomic E-state index is 12.0. The average Bonchev–Trinajstić information content (AvgIpc) is 2.84. The van der Waals surface area contributed by atoms with Crippen LogP contribution in [-0.4, -0.2) is 40.7 Å². The number of carbonyl (C=O) groups is 1. The molecule has 1 amide bonds. The second-order valence-electron chi connectivity index (χ2n) is 7.46. The lowest BCUT2D eigenvalue weighted by molar-refractivity contribution is 0.0963.